The van der Waals surface area contributed by atoms with E-state index in [4.69, 9.17) is 5.11 Å². The zero-order valence-electron chi connectivity index (χ0n) is 11.7. The number of carboxylic acid groups (broad SMARTS) is 2. The molecule has 6 heteroatoms. The predicted molar refractivity (Wildman–Crippen MR) is 82.0 cm³/mol. The lowest BCUT2D eigenvalue weighted by atomic mass is 9.95. The third-order valence-electron chi connectivity index (χ3n) is 2.90. The minimum absolute atomic E-state index is 0.0320. The van der Waals surface area contributed by atoms with Crippen LogP contribution in [0.25, 0.3) is 0 Å². The standard InChI is InChI=1S/C13H24O4S2/c1-3-5-7-13(12(16)17,8-6-4-2)19-10-18-9-11(14)15/h3-10H2,1-2H3,(H,14,15)(H,16,17). The lowest BCUT2D eigenvalue weighted by molar-refractivity contribution is -0.140. The highest BCUT2D eigenvalue weighted by Crippen LogP contribution is 2.38. The number of hydrogen-bond donors (Lipinski definition) is 2. The van der Waals surface area contributed by atoms with Gasteiger partial charge in [-0.05, 0) is 12.8 Å². The molecule has 0 aromatic heterocycles. The Bertz CT molecular complexity index is 274. The summed E-state index contributed by atoms with van der Waals surface area (Å²) < 4.78 is -0.739. The SMILES string of the molecule is CCCCC(CCCC)(SCSCC(=O)O)C(=O)O. The Morgan fingerprint density at radius 3 is 1.95 bits per heavy atom. The molecule has 0 radical (unpaired) electrons. The zero-order valence-corrected chi connectivity index (χ0v) is 13.3. The van der Waals surface area contributed by atoms with Crippen LogP contribution in [-0.4, -0.2) is 37.7 Å². The molecule has 0 atom stereocenters. The molecule has 4 nitrogen and oxygen atoms in total. The molecule has 0 aliphatic heterocycles. The Kier molecular flexibility index (Phi) is 10.2. The molecule has 0 spiro atoms. The third-order valence-corrected chi connectivity index (χ3v) is 5.63. The van der Waals surface area contributed by atoms with E-state index >= 15 is 0 Å². The highest BCUT2D eigenvalue weighted by Gasteiger charge is 2.37. The van der Waals surface area contributed by atoms with Gasteiger partial charge < -0.3 is 10.2 Å². The summed E-state index contributed by atoms with van der Waals surface area (Å²) in [6.45, 7) is 4.10. The van der Waals surface area contributed by atoms with Gasteiger partial charge in [-0.2, -0.15) is 0 Å². The van der Waals surface area contributed by atoms with Gasteiger partial charge in [0.05, 0.1) is 5.75 Å². The highest BCUT2D eigenvalue weighted by molar-refractivity contribution is 8.17. The molecular weight excluding hydrogens is 284 g/mol. The van der Waals surface area contributed by atoms with Gasteiger partial charge in [-0.15, -0.1) is 23.5 Å². The van der Waals surface area contributed by atoms with Gasteiger partial charge in [0.1, 0.15) is 4.75 Å². The summed E-state index contributed by atoms with van der Waals surface area (Å²) in [5, 5.41) is 18.6. The first-order valence-corrected chi connectivity index (χ1v) is 8.79. The number of hydrogen-bond acceptors (Lipinski definition) is 4. The topological polar surface area (TPSA) is 74.6 Å². The van der Waals surface area contributed by atoms with Gasteiger partial charge in [0.25, 0.3) is 0 Å². The van der Waals surface area contributed by atoms with Gasteiger partial charge >= 0.3 is 11.9 Å². The maximum absolute atomic E-state index is 11.6. The van der Waals surface area contributed by atoms with E-state index in [2.05, 4.69) is 13.8 Å². The molecule has 0 aromatic rings. The quantitative estimate of drug-likeness (QED) is 0.423. The van der Waals surface area contributed by atoms with E-state index in [-0.39, 0.29) is 5.75 Å². The maximum Gasteiger partial charge on any atom is 0.319 e. The van der Waals surface area contributed by atoms with E-state index < -0.39 is 16.7 Å². The summed E-state index contributed by atoms with van der Waals surface area (Å²) in [6, 6.07) is 0. The van der Waals surface area contributed by atoms with Crippen molar-refractivity contribution in [3.05, 3.63) is 0 Å². The molecule has 0 rings (SSSR count). The van der Waals surface area contributed by atoms with Crippen LogP contribution in [0.3, 0.4) is 0 Å². The fraction of sp³-hybridized carbons (Fsp3) is 0.846. The fourth-order valence-corrected chi connectivity index (χ4v) is 4.20. The Morgan fingerprint density at radius 2 is 1.58 bits per heavy atom. The number of carboxylic acids is 2. The molecule has 0 heterocycles. The number of carbonyl (C=O) groups is 2. The van der Waals surface area contributed by atoms with E-state index in [1.54, 1.807) is 0 Å². The van der Waals surface area contributed by atoms with Crippen LogP contribution >= 0.6 is 23.5 Å². The third kappa shape index (κ3) is 7.72. The molecule has 0 fully saturated rings. The largest absolute Gasteiger partial charge is 0.481 e. The molecule has 0 unspecified atom stereocenters. The van der Waals surface area contributed by atoms with Crippen molar-refractivity contribution in [2.75, 3.05) is 10.8 Å². The molecule has 19 heavy (non-hydrogen) atoms. The van der Waals surface area contributed by atoms with E-state index in [0.29, 0.717) is 17.9 Å². The van der Waals surface area contributed by atoms with Crippen LogP contribution in [0.15, 0.2) is 0 Å². The first-order chi connectivity index (χ1) is 8.98. The van der Waals surface area contributed by atoms with Gasteiger partial charge in [0.2, 0.25) is 0 Å². The molecule has 0 bridgehead atoms. The Labute approximate surface area is 123 Å². The molecule has 0 aromatic carbocycles. The van der Waals surface area contributed by atoms with Crippen LogP contribution in [0.5, 0.6) is 0 Å². The van der Waals surface area contributed by atoms with Crippen molar-refractivity contribution in [3.8, 4) is 0 Å². The summed E-state index contributed by atoms with van der Waals surface area (Å²) in [6.07, 6.45) is 5.07. The van der Waals surface area contributed by atoms with Crippen molar-refractivity contribution < 1.29 is 19.8 Å². The molecular formula is C13H24O4S2. The molecule has 2 N–H and O–H groups in total. The number of unbranched alkanes of at least 4 members (excludes halogenated alkanes) is 2. The van der Waals surface area contributed by atoms with Crippen molar-refractivity contribution in [2.45, 2.75) is 57.1 Å². The molecule has 112 valence electrons. The van der Waals surface area contributed by atoms with Gasteiger partial charge in [0.15, 0.2) is 0 Å². The maximum atomic E-state index is 11.6. The zero-order chi connectivity index (χ0) is 14.7. The highest BCUT2D eigenvalue weighted by atomic mass is 32.2. The normalized spacial score (nSPS) is 11.5. The Hall–Kier alpha value is -0.360. The van der Waals surface area contributed by atoms with Gasteiger partial charge in [0, 0.05) is 5.08 Å². The monoisotopic (exact) mass is 308 g/mol. The molecule has 0 aliphatic carbocycles. The summed E-state index contributed by atoms with van der Waals surface area (Å²) >= 11 is 2.67. The van der Waals surface area contributed by atoms with Crippen molar-refractivity contribution in [1.29, 1.82) is 0 Å². The Morgan fingerprint density at radius 1 is 1.05 bits per heavy atom. The van der Waals surface area contributed by atoms with Crippen LogP contribution < -0.4 is 0 Å². The van der Waals surface area contributed by atoms with Crippen LogP contribution in [0, 0.1) is 0 Å². The predicted octanol–water partition coefficient (Wildman–Crippen LogP) is 3.70. The smallest absolute Gasteiger partial charge is 0.319 e. The van der Waals surface area contributed by atoms with Crippen LogP contribution in [0.1, 0.15) is 52.4 Å². The molecule has 0 aliphatic rings. The lowest BCUT2D eigenvalue weighted by Crippen LogP contribution is -2.35. The fourth-order valence-electron chi connectivity index (χ4n) is 1.75. The molecule has 0 amide bonds. The minimum Gasteiger partial charge on any atom is -0.481 e. The summed E-state index contributed by atoms with van der Waals surface area (Å²) in [7, 11) is 0. The van der Waals surface area contributed by atoms with Crippen molar-refractivity contribution in [3.63, 3.8) is 0 Å². The van der Waals surface area contributed by atoms with E-state index in [1.807, 2.05) is 0 Å². The summed E-state index contributed by atoms with van der Waals surface area (Å²) in [5.74, 6) is -1.58. The van der Waals surface area contributed by atoms with Gasteiger partial charge in [-0.1, -0.05) is 39.5 Å². The van der Waals surface area contributed by atoms with Crippen molar-refractivity contribution in [1.82, 2.24) is 0 Å². The summed E-state index contributed by atoms with van der Waals surface area (Å²) in [5.41, 5.74) is 0. The second kappa shape index (κ2) is 10.4. The van der Waals surface area contributed by atoms with Crippen LogP contribution in [-0.2, 0) is 9.59 Å². The second-order valence-corrected chi connectivity index (χ2v) is 7.22. The minimum atomic E-state index is -0.853. The molecule has 0 saturated carbocycles. The van der Waals surface area contributed by atoms with E-state index in [0.717, 1.165) is 25.7 Å². The van der Waals surface area contributed by atoms with Crippen molar-refractivity contribution >= 4 is 35.5 Å². The molecule has 0 saturated heterocycles. The Balaban J connectivity index is 4.50. The number of thioether (sulfide) groups is 2. The van der Waals surface area contributed by atoms with E-state index in [1.165, 1.54) is 23.5 Å². The van der Waals surface area contributed by atoms with Crippen LogP contribution in [0.4, 0.5) is 0 Å². The first kappa shape index (κ1) is 18.6. The van der Waals surface area contributed by atoms with Gasteiger partial charge in [-0.3, -0.25) is 9.59 Å². The van der Waals surface area contributed by atoms with Crippen LogP contribution in [0.2, 0.25) is 0 Å². The lowest BCUT2D eigenvalue weighted by Gasteiger charge is -2.28. The van der Waals surface area contributed by atoms with Crippen molar-refractivity contribution in [2.24, 2.45) is 0 Å². The average molecular weight is 308 g/mol. The van der Waals surface area contributed by atoms with Gasteiger partial charge in [-0.25, -0.2) is 0 Å². The van der Waals surface area contributed by atoms with E-state index in [9.17, 15) is 14.7 Å². The summed E-state index contributed by atoms with van der Waals surface area (Å²) in [4.78, 5) is 22.1. The second-order valence-electron chi connectivity index (χ2n) is 4.51. The average Bonchev–Trinajstić information content (AvgIpc) is 2.36. The number of rotatable bonds is 12. The number of aliphatic carboxylic acids is 2. The first-order valence-electron chi connectivity index (χ1n) is 6.65.